The van der Waals surface area contributed by atoms with Gasteiger partial charge in [0.05, 0.1) is 28.5 Å². The summed E-state index contributed by atoms with van der Waals surface area (Å²) in [5, 5.41) is 8.38. The zero-order valence-corrected chi connectivity index (χ0v) is 17.8. The number of halogens is 4. The number of ether oxygens (including phenoxy) is 1. The summed E-state index contributed by atoms with van der Waals surface area (Å²) < 4.78 is 47.7. The maximum atomic E-state index is 12.8. The number of hydrogen-bond acceptors (Lipinski definition) is 4. The van der Waals surface area contributed by atoms with Crippen LogP contribution in [0.1, 0.15) is 28.7 Å². The second-order valence-electron chi connectivity index (χ2n) is 6.46. The second kappa shape index (κ2) is 8.90. The highest BCUT2D eigenvalue weighted by Gasteiger charge is 2.30. The first-order chi connectivity index (χ1) is 14.2. The Hall–Kier alpha value is -2.82. The summed E-state index contributed by atoms with van der Waals surface area (Å²) in [7, 11) is 1.65. The lowest BCUT2D eigenvalue weighted by Crippen LogP contribution is -2.28. The number of benzene rings is 1. The third-order valence-electron chi connectivity index (χ3n) is 4.32. The molecule has 0 atom stereocenters. The van der Waals surface area contributed by atoms with Crippen LogP contribution in [0.2, 0.25) is 0 Å². The standard InChI is InChI=1S/C19H19BrF3N5O2/c1-3-28-17(15(20)10-24-28)11-26(2)18(29)16-7-8-27(25-16)12-30-14-6-4-5-13(9-14)19(21,22)23/h4-10H,3,11-12H2,1-2H3. The Kier molecular flexibility index (Phi) is 6.49. The molecule has 0 saturated heterocycles. The van der Waals surface area contributed by atoms with E-state index in [1.54, 1.807) is 17.9 Å². The van der Waals surface area contributed by atoms with Crippen LogP contribution >= 0.6 is 15.9 Å². The molecular weight excluding hydrogens is 467 g/mol. The topological polar surface area (TPSA) is 65.2 Å². The van der Waals surface area contributed by atoms with Gasteiger partial charge in [-0.05, 0) is 47.1 Å². The molecule has 0 spiro atoms. The maximum absolute atomic E-state index is 12.8. The van der Waals surface area contributed by atoms with Crippen LogP contribution in [0.15, 0.2) is 47.2 Å². The molecule has 0 aliphatic carbocycles. The number of nitrogens with zero attached hydrogens (tertiary/aromatic N) is 5. The first-order valence-electron chi connectivity index (χ1n) is 8.98. The van der Waals surface area contributed by atoms with E-state index >= 15 is 0 Å². The molecule has 3 aromatic rings. The van der Waals surface area contributed by atoms with Crippen LogP contribution in [-0.2, 0) is 26.0 Å². The summed E-state index contributed by atoms with van der Waals surface area (Å²) in [6.45, 7) is 2.83. The van der Waals surface area contributed by atoms with E-state index in [0.29, 0.717) is 13.1 Å². The molecule has 2 aromatic heterocycles. The largest absolute Gasteiger partial charge is 0.471 e. The van der Waals surface area contributed by atoms with Crippen molar-refractivity contribution in [3.8, 4) is 5.75 Å². The summed E-state index contributed by atoms with van der Waals surface area (Å²) in [6.07, 6.45) is -1.24. The highest BCUT2D eigenvalue weighted by atomic mass is 79.9. The zero-order valence-electron chi connectivity index (χ0n) is 16.2. The minimum atomic E-state index is -4.45. The lowest BCUT2D eigenvalue weighted by Gasteiger charge is -2.17. The van der Waals surface area contributed by atoms with Crippen molar-refractivity contribution in [2.24, 2.45) is 0 Å². The van der Waals surface area contributed by atoms with E-state index in [0.717, 1.165) is 22.3 Å². The van der Waals surface area contributed by atoms with Crippen molar-refractivity contribution in [2.45, 2.75) is 32.9 Å². The Morgan fingerprint density at radius 3 is 2.77 bits per heavy atom. The van der Waals surface area contributed by atoms with Gasteiger partial charge >= 0.3 is 6.18 Å². The van der Waals surface area contributed by atoms with Crippen molar-refractivity contribution in [1.82, 2.24) is 24.5 Å². The fraction of sp³-hybridized carbons (Fsp3) is 0.316. The third kappa shape index (κ3) is 5.02. The van der Waals surface area contributed by atoms with Crippen molar-refractivity contribution in [3.63, 3.8) is 0 Å². The van der Waals surface area contributed by atoms with Gasteiger partial charge in [0.15, 0.2) is 12.4 Å². The Morgan fingerprint density at radius 2 is 2.07 bits per heavy atom. The van der Waals surface area contributed by atoms with Crippen molar-refractivity contribution >= 4 is 21.8 Å². The zero-order chi connectivity index (χ0) is 21.9. The summed E-state index contributed by atoms with van der Waals surface area (Å²) in [5.41, 5.74) is 0.264. The Morgan fingerprint density at radius 1 is 1.30 bits per heavy atom. The minimum absolute atomic E-state index is 0.0583. The highest BCUT2D eigenvalue weighted by molar-refractivity contribution is 9.10. The molecule has 0 aliphatic rings. The monoisotopic (exact) mass is 485 g/mol. The van der Waals surface area contributed by atoms with Crippen LogP contribution in [0.25, 0.3) is 0 Å². The number of aromatic nitrogens is 4. The van der Waals surface area contributed by atoms with Gasteiger partial charge in [0.25, 0.3) is 5.91 Å². The number of aryl methyl sites for hydroxylation is 1. The molecule has 0 radical (unpaired) electrons. The van der Waals surface area contributed by atoms with E-state index in [9.17, 15) is 18.0 Å². The van der Waals surface area contributed by atoms with E-state index in [-0.39, 0.29) is 24.1 Å². The average Bonchev–Trinajstić information content (AvgIpc) is 3.32. The molecule has 1 amide bonds. The highest BCUT2D eigenvalue weighted by Crippen LogP contribution is 2.31. The fourth-order valence-electron chi connectivity index (χ4n) is 2.76. The molecule has 3 rings (SSSR count). The second-order valence-corrected chi connectivity index (χ2v) is 7.31. The van der Waals surface area contributed by atoms with E-state index in [2.05, 4.69) is 26.1 Å². The number of hydrogen-bond donors (Lipinski definition) is 0. The molecule has 0 aliphatic heterocycles. The molecular formula is C19H19BrF3N5O2. The summed E-state index contributed by atoms with van der Waals surface area (Å²) in [6, 6.07) is 6.10. The molecule has 11 heteroatoms. The Bertz CT molecular complexity index is 1030. The van der Waals surface area contributed by atoms with Gasteiger partial charge in [-0.1, -0.05) is 6.07 Å². The summed E-state index contributed by atoms with van der Waals surface area (Å²) >= 11 is 3.43. The molecule has 7 nitrogen and oxygen atoms in total. The van der Waals surface area contributed by atoms with Gasteiger partial charge in [0, 0.05) is 19.8 Å². The van der Waals surface area contributed by atoms with Crippen LogP contribution in [0.5, 0.6) is 5.75 Å². The first-order valence-corrected chi connectivity index (χ1v) is 9.77. The van der Waals surface area contributed by atoms with Crippen LogP contribution in [0.4, 0.5) is 13.2 Å². The van der Waals surface area contributed by atoms with Gasteiger partial charge in [-0.25, -0.2) is 4.68 Å². The van der Waals surface area contributed by atoms with Gasteiger partial charge in [-0.2, -0.15) is 23.4 Å². The van der Waals surface area contributed by atoms with Gasteiger partial charge in [-0.15, -0.1) is 0 Å². The smallest absolute Gasteiger partial charge is 0.416 e. The van der Waals surface area contributed by atoms with Crippen LogP contribution in [0, 0.1) is 0 Å². The lowest BCUT2D eigenvalue weighted by molar-refractivity contribution is -0.137. The maximum Gasteiger partial charge on any atom is 0.416 e. The number of carbonyl (C=O) groups is 1. The molecule has 30 heavy (non-hydrogen) atoms. The van der Waals surface area contributed by atoms with Crippen molar-refractivity contribution in [3.05, 3.63) is 64.1 Å². The first kappa shape index (κ1) is 21.9. The molecule has 0 saturated carbocycles. The molecule has 0 unspecified atom stereocenters. The van der Waals surface area contributed by atoms with Crippen LogP contribution in [0.3, 0.4) is 0 Å². The van der Waals surface area contributed by atoms with E-state index < -0.39 is 11.7 Å². The fourth-order valence-corrected chi connectivity index (χ4v) is 3.18. The number of rotatable bonds is 7. The summed E-state index contributed by atoms with van der Waals surface area (Å²) in [5.74, 6) is -0.244. The Balaban J connectivity index is 1.63. The summed E-state index contributed by atoms with van der Waals surface area (Å²) in [4.78, 5) is 14.2. The molecule has 1 aromatic carbocycles. The molecule has 0 fully saturated rings. The average molecular weight is 486 g/mol. The lowest BCUT2D eigenvalue weighted by atomic mass is 10.2. The van der Waals surface area contributed by atoms with Crippen LogP contribution < -0.4 is 4.74 Å². The van der Waals surface area contributed by atoms with Gasteiger partial charge in [0.1, 0.15) is 5.75 Å². The predicted molar refractivity (Wildman–Crippen MR) is 106 cm³/mol. The van der Waals surface area contributed by atoms with Crippen LogP contribution in [-0.4, -0.2) is 37.4 Å². The normalized spacial score (nSPS) is 11.5. The SMILES string of the molecule is CCn1ncc(Br)c1CN(C)C(=O)c1ccn(COc2cccc(C(F)(F)F)c2)n1. The molecule has 160 valence electrons. The number of carbonyl (C=O) groups excluding carboxylic acids is 1. The quantitative estimate of drug-likeness (QED) is 0.503. The molecule has 0 N–H and O–H groups in total. The third-order valence-corrected chi connectivity index (χ3v) is 4.98. The van der Waals surface area contributed by atoms with Gasteiger partial charge in [-0.3, -0.25) is 9.48 Å². The minimum Gasteiger partial charge on any atom is -0.471 e. The van der Waals surface area contributed by atoms with E-state index in [1.807, 2.05) is 6.92 Å². The number of amides is 1. The molecule has 2 heterocycles. The Labute approximate surface area is 179 Å². The van der Waals surface area contributed by atoms with Crippen molar-refractivity contribution in [2.75, 3.05) is 7.05 Å². The van der Waals surface area contributed by atoms with E-state index in [1.165, 1.54) is 34.0 Å². The van der Waals surface area contributed by atoms with Gasteiger partial charge in [0.2, 0.25) is 0 Å². The van der Waals surface area contributed by atoms with Crippen molar-refractivity contribution < 1.29 is 22.7 Å². The van der Waals surface area contributed by atoms with Gasteiger partial charge < -0.3 is 9.64 Å². The number of alkyl halides is 3. The predicted octanol–water partition coefficient (Wildman–Crippen LogP) is 4.19. The molecule has 0 bridgehead atoms. The van der Waals surface area contributed by atoms with E-state index in [4.69, 9.17) is 4.74 Å². The van der Waals surface area contributed by atoms with Crippen molar-refractivity contribution in [1.29, 1.82) is 0 Å².